The highest BCUT2D eigenvalue weighted by Crippen LogP contribution is 2.17. The SMILES string of the molecule is COc1cc(CNC(=O)c2ccc(OC[C@H]3CCCO3)cc2)ccn1. The van der Waals surface area contributed by atoms with Gasteiger partial charge in [-0.2, -0.15) is 0 Å². The maximum absolute atomic E-state index is 12.2. The lowest BCUT2D eigenvalue weighted by molar-refractivity contribution is 0.0679. The molecular weight excluding hydrogens is 320 g/mol. The van der Waals surface area contributed by atoms with Crippen LogP contribution in [0.25, 0.3) is 0 Å². The van der Waals surface area contributed by atoms with E-state index in [0.29, 0.717) is 24.6 Å². The van der Waals surface area contributed by atoms with E-state index in [0.717, 1.165) is 30.8 Å². The second kappa shape index (κ2) is 8.48. The predicted molar refractivity (Wildman–Crippen MR) is 92.9 cm³/mol. The van der Waals surface area contributed by atoms with Crippen LogP contribution in [0.5, 0.6) is 11.6 Å². The summed E-state index contributed by atoms with van der Waals surface area (Å²) in [6, 6.07) is 10.8. The van der Waals surface area contributed by atoms with Crippen LogP contribution in [0.2, 0.25) is 0 Å². The molecule has 0 spiro atoms. The normalized spacial score (nSPS) is 16.4. The quantitative estimate of drug-likeness (QED) is 0.837. The fourth-order valence-electron chi connectivity index (χ4n) is 2.62. The van der Waals surface area contributed by atoms with Crippen molar-refractivity contribution in [1.29, 1.82) is 0 Å². The number of amides is 1. The van der Waals surface area contributed by atoms with Crippen molar-refractivity contribution in [2.45, 2.75) is 25.5 Å². The van der Waals surface area contributed by atoms with Gasteiger partial charge in [-0.3, -0.25) is 4.79 Å². The number of rotatable bonds is 7. The van der Waals surface area contributed by atoms with E-state index in [2.05, 4.69) is 10.3 Å². The zero-order chi connectivity index (χ0) is 17.5. The molecule has 0 unspecified atom stereocenters. The molecule has 1 aromatic heterocycles. The van der Waals surface area contributed by atoms with Crippen LogP contribution in [0, 0.1) is 0 Å². The maximum atomic E-state index is 12.2. The van der Waals surface area contributed by atoms with Crippen molar-refractivity contribution in [1.82, 2.24) is 10.3 Å². The molecule has 0 aliphatic carbocycles. The van der Waals surface area contributed by atoms with Gasteiger partial charge in [0, 0.05) is 31.0 Å². The molecule has 2 aromatic rings. The third-order valence-electron chi connectivity index (χ3n) is 4.04. The molecule has 25 heavy (non-hydrogen) atoms. The van der Waals surface area contributed by atoms with Crippen molar-refractivity contribution < 1.29 is 19.0 Å². The topological polar surface area (TPSA) is 69.7 Å². The Balaban J connectivity index is 1.49. The minimum Gasteiger partial charge on any atom is -0.491 e. The smallest absolute Gasteiger partial charge is 0.251 e. The zero-order valence-electron chi connectivity index (χ0n) is 14.2. The predicted octanol–water partition coefficient (Wildman–Crippen LogP) is 2.58. The number of aromatic nitrogens is 1. The van der Waals surface area contributed by atoms with Gasteiger partial charge < -0.3 is 19.5 Å². The van der Waals surface area contributed by atoms with Gasteiger partial charge in [0.25, 0.3) is 5.91 Å². The van der Waals surface area contributed by atoms with Crippen molar-refractivity contribution in [2.75, 3.05) is 20.3 Å². The fraction of sp³-hybridized carbons (Fsp3) is 0.368. The molecule has 6 nitrogen and oxygen atoms in total. The van der Waals surface area contributed by atoms with E-state index >= 15 is 0 Å². The largest absolute Gasteiger partial charge is 0.491 e. The molecule has 1 aliphatic rings. The average Bonchev–Trinajstić information content (AvgIpc) is 3.18. The molecule has 0 radical (unpaired) electrons. The minimum atomic E-state index is -0.138. The van der Waals surface area contributed by atoms with E-state index in [4.69, 9.17) is 14.2 Å². The van der Waals surface area contributed by atoms with Crippen LogP contribution in [0.15, 0.2) is 42.6 Å². The molecular formula is C19H22N2O4. The molecule has 1 atom stereocenters. The Morgan fingerprint density at radius 1 is 1.32 bits per heavy atom. The van der Waals surface area contributed by atoms with Crippen LogP contribution in [0.1, 0.15) is 28.8 Å². The van der Waals surface area contributed by atoms with Gasteiger partial charge in [0.1, 0.15) is 12.4 Å². The minimum absolute atomic E-state index is 0.138. The zero-order valence-corrected chi connectivity index (χ0v) is 14.2. The number of hydrogen-bond donors (Lipinski definition) is 1. The van der Waals surface area contributed by atoms with Gasteiger partial charge in [-0.25, -0.2) is 4.98 Å². The Hall–Kier alpha value is -2.60. The van der Waals surface area contributed by atoms with E-state index in [9.17, 15) is 4.79 Å². The van der Waals surface area contributed by atoms with Gasteiger partial charge in [-0.15, -0.1) is 0 Å². The summed E-state index contributed by atoms with van der Waals surface area (Å²) >= 11 is 0. The maximum Gasteiger partial charge on any atom is 0.251 e. The average molecular weight is 342 g/mol. The summed E-state index contributed by atoms with van der Waals surface area (Å²) in [5.41, 5.74) is 1.52. The Bertz CT molecular complexity index is 697. The van der Waals surface area contributed by atoms with Gasteiger partial charge in [0.05, 0.1) is 13.2 Å². The van der Waals surface area contributed by atoms with Gasteiger partial charge in [0.15, 0.2) is 0 Å². The van der Waals surface area contributed by atoms with E-state index < -0.39 is 0 Å². The van der Waals surface area contributed by atoms with Gasteiger partial charge >= 0.3 is 0 Å². The summed E-state index contributed by atoms with van der Waals surface area (Å²) in [5.74, 6) is 1.13. The number of carbonyl (C=O) groups is 1. The summed E-state index contributed by atoms with van der Waals surface area (Å²) < 4.78 is 16.3. The Morgan fingerprint density at radius 2 is 2.16 bits per heavy atom. The van der Waals surface area contributed by atoms with Crippen LogP contribution in [0.4, 0.5) is 0 Å². The lowest BCUT2D eigenvalue weighted by Crippen LogP contribution is -2.22. The van der Waals surface area contributed by atoms with Crippen LogP contribution in [-0.4, -0.2) is 37.3 Å². The van der Waals surface area contributed by atoms with Crippen molar-refractivity contribution in [2.24, 2.45) is 0 Å². The molecule has 1 aromatic carbocycles. The van der Waals surface area contributed by atoms with Crippen molar-refractivity contribution in [3.8, 4) is 11.6 Å². The molecule has 0 saturated carbocycles. The highest BCUT2D eigenvalue weighted by Gasteiger charge is 2.16. The molecule has 1 saturated heterocycles. The first kappa shape index (κ1) is 17.2. The summed E-state index contributed by atoms with van der Waals surface area (Å²) in [5, 5.41) is 2.88. The highest BCUT2D eigenvalue weighted by atomic mass is 16.5. The molecule has 1 fully saturated rings. The van der Waals surface area contributed by atoms with Crippen LogP contribution in [-0.2, 0) is 11.3 Å². The molecule has 1 N–H and O–H groups in total. The van der Waals surface area contributed by atoms with E-state index in [1.165, 1.54) is 0 Å². The number of nitrogens with one attached hydrogen (secondary N) is 1. The summed E-state index contributed by atoms with van der Waals surface area (Å²) in [6.07, 6.45) is 3.97. The van der Waals surface area contributed by atoms with Crippen LogP contribution < -0.4 is 14.8 Å². The fourth-order valence-corrected chi connectivity index (χ4v) is 2.62. The number of methoxy groups -OCH3 is 1. The second-order valence-electron chi connectivity index (χ2n) is 5.86. The molecule has 1 amide bonds. The summed E-state index contributed by atoms with van der Waals surface area (Å²) in [4.78, 5) is 16.3. The van der Waals surface area contributed by atoms with Crippen molar-refractivity contribution >= 4 is 5.91 Å². The monoisotopic (exact) mass is 342 g/mol. The number of carbonyl (C=O) groups excluding carboxylic acids is 1. The molecule has 2 heterocycles. The second-order valence-corrected chi connectivity index (χ2v) is 5.86. The Labute approximate surface area is 147 Å². The Morgan fingerprint density at radius 3 is 2.88 bits per heavy atom. The van der Waals surface area contributed by atoms with Gasteiger partial charge in [-0.05, 0) is 48.7 Å². The number of hydrogen-bond acceptors (Lipinski definition) is 5. The first-order valence-electron chi connectivity index (χ1n) is 8.36. The highest BCUT2D eigenvalue weighted by molar-refractivity contribution is 5.94. The lowest BCUT2D eigenvalue weighted by atomic mass is 10.2. The van der Waals surface area contributed by atoms with Gasteiger partial charge in [0.2, 0.25) is 5.88 Å². The molecule has 3 rings (SSSR count). The molecule has 132 valence electrons. The first-order valence-corrected chi connectivity index (χ1v) is 8.36. The summed E-state index contributed by atoms with van der Waals surface area (Å²) in [7, 11) is 1.56. The van der Waals surface area contributed by atoms with Crippen LogP contribution >= 0.6 is 0 Å². The van der Waals surface area contributed by atoms with Gasteiger partial charge in [-0.1, -0.05) is 0 Å². The van der Waals surface area contributed by atoms with Crippen LogP contribution in [0.3, 0.4) is 0 Å². The molecule has 6 heteroatoms. The number of ether oxygens (including phenoxy) is 3. The van der Waals surface area contributed by atoms with E-state index in [1.807, 2.05) is 6.07 Å². The third-order valence-corrected chi connectivity index (χ3v) is 4.04. The number of benzene rings is 1. The Kier molecular flexibility index (Phi) is 5.85. The lowest BCUT2D eigenvalue weighted by Gasteiger charge is -2.12. The molecule has 1 aliphatic heterocycles. The van der Waals surface area contributed by atoms with Crippen molar-refractivity contribution in [3.05, 3.63) is 53.7 Å². The first-order chi connectivity index (χ1) is 12.2. The number of nitrogens with zero attached hydrogens (tertiary/aromatic N) is 1. The van der Waals surface area contributed by atoms with Crippen molar-refractivity contribution in [3.63, 3.8) is 0 Å². The summed E-state index contributed by atoms with van der Waals surface area (Å²) in [6.45, 7) is 1.78. The van der Waals surface area contributed by atoms with E-state index in [1.54, 1.807) is 43.6 Å². The number of pyridine rings is 1. The third kappa shape index (κ3) is 4.93. The van der Waals surface area contributed by atoms with E-state index in [-0.39, 0.29) is 12.0 Å². The standard InChI is InChI=1S/C19H22N2O4/c1-23-18-11-14(8-9-20-18)12-21-19(22)15-4-6-16(7-5-15)25-13-17-3-2-10-24-17/h4-9,11,17H,2-3,10,12-13H2,1H3,(H,21,22)/t17-/m1/s1. The molecule has 0 bridgehead atoms.